The van der Waals surface area contributed by atoms with Crippen molar-refractivity contribution in [2.75, 3.05) is 13.2 Å². The number of aromatic nitrogens is 1. The monoisotopic (exact) mass is 427 g/mol. The normalized spacial score (nSPS) is 19.9. The van der Waals surface area contributed by atoms with Crippen molar-refractivity contribution in [1.29, 1.82) is 0 Å². The molecule has 2 aromatic rings. The number of hydrogen-bond donors (Lipinski definition) is 2. The van der Waals surface area contributed by atoms with Gasteiger partial charge in [0, 0.05) is 30.3 Å². The molecule has 1 aromatic heterocycles. The van der Waals surface area contributed by atoms with Crippen LogP contribution in [0.1, 0.15) is 61.6 Å². The van der Waals surface area contributed by atoms with Crippen molar-refractivity contribution in [2.45, 2.75) is 77.5 Å². The Kier molecular flexibility index (Phi) is 6.74. The number of hydrogen-bond acceptors (Lipinski definition) is 3. The van der Waals surface area contributed by atoms with Gasteiger partial charge in [0.15, 0.2) is 5.11 Å². The topological polar surface area (TPSA) is 57.4 Å². The van der Waals surface area contributed by atoms with Crippen LogP contribution in [0.15, 0.2) is 23.0 Å². The number of rotatable bonds is 5. The van der Waals surface area contributed by atoms with Gasteiger partial charge in [0.1, 0.15) is 0 Å². The average molecular weight is 428 g/mol. The molecule has 0 bridgehead atoms. The minimum atomic E-state index is -0.0199. The minimum Gasteiger partial charge on any atom is -0.376 e. The van der Waals surface area contributed by atoms with Gasteiger partial charge in [-0.1, -0.05) is 19.3 Å². The molecule has 30 heavy (non-hydrogen) atoms. The fourth-order valence-electron chi connectivity index (χ4n) is 4.69. The summed E-state index contributed by atoms with van der Waals surface area (Å²) in [5.41, 5.74) is 4.08. The number of aromatic amines is 1. The van der Waals surface area contributed by atoms with Crippen molar-refractivity contribution >= 4 is 28.2 Å². The lowest BCUT2D eigenvalue weighted by molar-refractivity contribution is 0.112. The second kappa shape index (κ2) is 9.48. The van der Waals surface area contributed by atoms with Crippen LogP contribution in [0.3, 0.4) is 0 Å². The first-order valence-electron chi connectivity index (χ1n) is 11.3. The third kappa shape index (κ3) is 4.86. The van der Waals surface area contributed by atoms with Gasteiger partial charge in [-0.25, -0.2) is 0 Å². The predicted octanol–water partition coefficient (Wildman–Crippen LogP) is 4.33. The summed E-state index contributed by atoms with van der Waals surface area (Å²) in [6, 6.07) is 6.64. The second-order valence-corrected chi connectivity index (χ2v) is 9.27. The van der Waals surface area contributed by atoms with E-state index < -0.39 is 0 Å². The van der Waals surface area contributed by atoms with E-state index in [1.807, 2.05) is 6.07 Å². The standard InChI is InChI=1S/C24H33N3O2S/c1-16-11-18-13-19(23(28)26-22(18)12-17(16)2)15-27(20-7-4-3-5-8-20)24(30)25-14-21-9-6-10-29-21/h11-13,20-21H,3-10,14-15H2,1-2H3,(H,25,30)(H,26,28)/t21-/m1/s1. The first-order chi connectivity index (χ1) is 14.5. The van der Waals surface area contributed by atoms with Gasteiger partial charge in [-0.3, -0.25) is 4.79 Å². The van der Waals surface area contributed by atoms with Gasteiger partial charge in [0.25, 0.3) is 5.56 Å². The van der Waals surface area contributed by atoms with Crippen molar-refractivity contribution in [3.63, 3.8) is 0 Å². The lowest BCUT2D eigenvalue weighted by Crippen LogP contribution is -2.48. The van der Waals surface area contributed by atoms with Crippen LogP contribution in [0.4, 0.5) is 0 Å². The molecular weight excluding hydrogens is 394 g/mol. The molecule has 1 saturated carbocycles. The molecule has 0 spiro atoms. The third-order valence-electron chi connectivity index (χ3n) is 6.66. The predicted molar refractivity (Wildman–Crippen MR) is 126 cm³/mol. The van der Waals surface area contributed by atoms with E-state index in [1.54, 1.807) is 0 Å². The van der Waals surface area contributed by atoms with Gasteiger partial charge < -0.3 is 19.9 Å². The largest absolute Gasteiger partial charge is 0.376 e. The lowest BCUT2D eigenvalue weighted by Gasteiger charge is -2.36. The number of pyridine rings is 1. The molecule has 1 saturated heterocycles. The summed E-state index contributed by atoms with van der Waals surface area (Å²) in [6.07, 6.45) is 8.45. The maximum absolute atomic E-state index is 12.9. The summed E-state index contributed by atoms with van der Waals surface area (Å²) in [4.78, 5) is 18.2. The second-order valence-electron chi connectivity index (χ2n) is 8.89. The lowest BCUT2D eigenvalue weighted by atomic mass is 9.94. The Hall–Kier alpha value is -1.92. The van der Waals surface area contributed by atoms with Crippen molar-refractivity contribution < 1.29 is 4.74 Å². The average Bonchev–Trinajstić information content (AvgIpc) is 3.26. The highest BCUT2D eigenvalue weighted by molar-refractivity contribution is 7.80. The summed E-state index contributed by atoms with van der Waals surface area (Å²) < 4.78 is 5.74. The molecule has 1 aliphatic carbocycles. The summed E-state index contributed by atoms with van der Waals surface area (Å²) >= 11 is 5.81. The van der Waals surface area contributed by atoms with Gasteiger partial charge in [0.2, 0.25) is 0 Å². The molecule has 0 amide bonds. The zero-order valence-electron chi connectivity index (χ0n) is 18.1. The fraction of sp³-hybridized carbons (Fsp3) is 0.583. The van der Waals surface area contributed by atoms with Gasteiger partial charge in [-0.2, -0.15) is 0 Å². The van der Waals surface area contributed by atoms with Gasteiger partial charge >= 0.3 is 0 Å². The fourth-order valence-corrected chi connectivity index (χ4v) is 4.99. The first kappa shape index (κ1) is 21.3. The van der Waals surface area contributed by atoms with Crippen LogP contribution in [0.2, 0.25) is 0 Å². The number of nitrogens with one attached hydrogen (secondary N) is 2. The highest BCUT2D eigenvalue weighted by Crippen LogP contribution is 2.25. The van der Waals surface area contributed by atoms with E-state index in [9.17, 15) is 4.79 Å². The number of ether oxygens (including phenoxy) is 1. The zero-order valence-corrected chi connectivity index (χ0v) is 18.9. The molecule has 1 atom stereocenters. The van der Waals surface area contributed by atoms with E-state index in [4.69, 9.17) is 17.0 Å². The van der Waals surface area contributed by atoms with Crippen LogP contribution >= 0.6 is 12.2 Å². The Morgan fingerprint density at radius 3 is 2.63 bits per heavy atom. The molecule has 1 aromatic carbocycles. The molecule has 2 aliphatic rings. The van der Waals surface area contributed by atoms with E-state index in [0.717, 1.165) is 60.4 Å². The molecule has 1 aliphatic heterocycles. The van der Waals surface area contributed by atoms with Crippen LogP contribution in [-0.2, 0) is 11.3 Å². The van der Waals surface area contributed by atoms with E-state index in [2.05, 4.69) is 41.2 Å². The number of H-pyrrole nitrogens is 1. The van der Waals surface area contributed by atoms with Crippen LogP contribution in [0, 0.1) is 13.8 Å². The summed E-state index contributed by atoms with van der Waals surface area (Å²) in [5.74, 6) is 0. The first-order valence-corrected chi connectivity index (χ1v) is 11.7. The molecular formula is C24H33N3O2S. The van der Waals surface area contributed by atoms with Gasteiger partial charge in [0.05, 0.1) is 12.6 Å². The zero-order chi connectivity index (χ0) is 21.1. The molecule has 5 nitrogen and oxygen atoms in total. The molecule has 2 fully saturated rings. The molecule has 4 rings (SSSR count). The van der Waals surface area contributed by atoms with E-state index in [1.165, 1.54) is 30.4 Å². The number of benzene rings is 1. The summed E-state index contributed by atoms with van der Waals surface area (Å²) in [6.45, 7) is 6.31. The molecule has 0 radical (unpaired) electrons. The van der Waals surface area contributed by atoms with Crippen molar-refractivity contribution in [2.24, 2.45) is 0 Å². The van der Waals surface area contributed by atoms with Gasteiger partial charge in [-0.05, 0) is 86.5 Å². The number of aryl methyl sites for hydroxylation is 2. The minimum absolute atomic E-state index is 0.0199. The summed E-state index contributed by atoms with van der Waals surface area (Å²) in [5, 5.41) is 5.26. The van der Waals surface area contributed by atoms with Crippen LogP contribution < -0.4 is 10.9 Å². The van der Waals surface area contributed by atoms with E-state index in [-0.39, 0.29) is 11.7 Å². The number of thiocarbonyl (C=S) groups is 1. The Morgan fingerprint density at radius 1 is 1.13 bits per heavy atom. The molecule has 2 N–H and O–H groups in total. The van der Waals surface area contributed by atoms with Crippen LogP contribution in [0.25, 0.3) is 10.9 Å². The number of fused-ring (bicyclic) bond motifs is 1. The van der Waals surface area contributed by atoms with E-state index in [0.29, 0.717) is 12.6 Å². The molecule has 0 unspecified atom stereocenters. The van der Waals surface area contributed by atoms with E-state index >= 15 is 0 Å². The molecule has 6 heteroatoms. The quantitative estimate of drug-likeness (QED) is 0.696. The smallest absolute Gasteiger partial charge is 0.253 e. The maximum atomic E-state index is 12.9. The Labute approximate surface area is 184 Å². The van der Waals surface area contributed by atoms with Crippen LogP contribution in [-0.4, -0.2) is 40.3 Å². The maximum Gasteiger partial charge on any atom is 0.253 e. The highest BCUT2D eigenvalue weighted by atomic mass is 32.1. The Balaban J connectivity index is 1.57. The number of nitrogens with zero attached hydrogens (tertiary/aromatic N) is 1. The van der Waals surface area contributed by atoms with Crippen LogP contribution in [0.5, 0.6) is 0 Å². The van der Waals surface area contributed by atoms with Gasteiger partial charge in [-0.15, -0.1) is 0 Å². The molecule has 162 valence electrons. The Morgan fingerprint density at radius 2 is 1.90 bits per heavy atom. The molecule has 2 heterocycles. The summed E-state index contributed by atoms with van der Waals surface area (Å²) in [7, 11) is 0. The van der Waals surface area contributed by atoms with Crippen molar-refractivity contribution in [1.82, 2.24) is 15.2 Å². The third-order valence-corrected chi connectivity index (χ3v) is 7.04. The SMILES string of the molecule is Cc1cc2cc(CN(C(=S)NC[C@H]3CCCO3)C3CCCCC3)c(=O)[nH]c2cc1C. The Bertz CT molecular complexity index is 959. The van der Waals surface area contributed by atoms with Crippen molar-refractivity contribution in [3.8, 4) is 0 Å². The van der Waals surface area contributed by atoms with Crippen molar-refractivity contribution in [3.05, 3.63) is 45.2 Å². The highest BCUT2D eigenvalue weighted by Gasteiger charge is 2.25.